The molecule has 2 fully saturated rings. The Morgan fingerprint density at radius 2 is 1.80 bits per heavy atom. The summed E-state index contributed by atoms with van der Waals surface area (Å²) >= 11 is 0. The number of likely N-dealkylation sites (tertiary alicyclic amines) is 1. The molecule has 5 heteroatoms. The number of carboxylic acid groups (broad SMARTS) is 1. The van der Waals surface area contributed by atoms with Gasteiger partial charge in [-0.3, -0.25) is 9.59 Å². The molecule has 0 aromatic carbocycles. The fourth-order valence-corrected chi connectivity index (χ4v) is 3.55. The van der Waals surface area contributed by atoms with Crippen molar-refractivity contribution >= 4 is 11.9 Å². The molecule has 0 radical (unpaired) electrons. The van der Waals surface area contributed by atoms with Crippen LogP contribution in [0.15, 0.2) is 0 Å². The molecule has 1 aliphatic heterocycles. The molecule has 1 unspecified atom stereocenters. The fraction of sp³-hybridized carbons (Fsp3) is 0.867. The smallest absolute Gasteiger partial charge is 0.310 e. The normalized spacial score (nSPS) is 23.6. The molecule has 2 aliphatic rings. The van der Waals surface area contributed by atoms with Crippen molar-refractivity contribution in [3.05, 3.63) is 0 Å². The molecular formula is C15H26N2O3. The molecule has 0 spiro atoms. The van der Waals surface area contributed by atoms with Crippen LogP contribution in [0, 0.1) is 5.41 Å². The minimum Gasteiger partial charge on any atom is -0.481 e. The lowest BCUT2D eigenvalue weighted by molar-refractivity contribution is -0.151. The molecular weight excluding hydrogens is 256 g/mol. The maximum Gasteiger partial charge on any atom is 0.310 e. The van der Waals surface area contributed by atoms with Crippen molar-refractivity contribution in [2.24, 2.45) is 5.41 Å². The highest BCUT2D eigenvalue weighted by Gasteiger charge is 2.43. The van der Waals surface area contributed by atoms with Crippen LogP contribution in [0.25, 0.3) is 0 Å². The maximum atomic E-state index is 12.1. The van der Waals surface area contributed by atoms with Crippen molar-refractivity contribution in [2.45, 2.75) is 57.9 Å². The van der Waals surface area contributed by atoms with E-state index in [0.717, 1.165) is 32.5 Å². The number of rotatable bonds is 6. The van der Waals surface area contributed by atoms with E-state index in [1.54, 1.807) is 0 Å². The highest BCUT2D eigenvalue weighted by Crippen LogP contribution is 2.41. The molecule has 0 bridgehead atoms. The van der Waals surface area contributed by atoms with E-state index in [0.29, 0.717) is 12.8 Å². The summed E-state index contributed by atoms with van der Waals surface area (Å²) in [5, 5.41) is 12.4. The first-order valence-corrected chi connectivity index (χ1v) is 7.77. The summed E-state index contributed by atoms with van der Waals surface area (Å²) in [4.78, 5) is 25.9. The molecule has 1 saturated heterocycles. The van der Waals surface area contributed by atoms with Gasteiger partial charge in [0.2, 0.25) is 5.91 Å². The number of carboxylic acids is 1. The average molecular weight is 282 g/mol. The Labute approximate surface area is 120 Å². The number of amides is 1. The van der Waals surface area contributed by atoms with Crippen molar-refractivity contribution in [3.63, 3.8) is 0 Å². The van der Waals surface area contributed by atoms with Gasteiger partial charge in [-0.2, -0.15) is 0 Å². The second kappa shape index (κ2) is 6.57. The molecule has 5 nitrogen and oxygen atoms in total. The topological polar surface area (TPSA) is 69.6 Å². The van der Waals surface area contributed by atoms with Crippen LogP contribution in [-0.2, 0) is 9.59 Å². The predicted octanol–water partition coefficient (Wildman–Crippen LogP) is 1.62. The van der Waals surface area contributed by atoms with Crippen LogP contribution in [0.2, 0.25) is 0 Å². The van der Waals surface area contributed by atoms with Crippen LogP contribution in [0.5, 0.6) is 0 Å². The van der Waals surface area contributed by atoms with E-state index < -0.39 is 11.4 Å². The van der Waals surface area contributed by atoms with Crippen LogP contribution in [0.4, 0.5) is 0 Å². The lowest BCUT2D eigenvalue weighted by atomic mass is 9.82. The summed E-state index contributed by atoms with van der Waals surface area (Å²) < 4.78 is 0. The van der Waals surface area contributed by atoms with E-state index in [1.165, 1.54) is 12.8 Å². The summed E-state index contributed by atoms with van der Waals surface area (Å²) in [7, 11) is 0. The van der Waals surface area contributed by atoms with E-state index >= 15 is 0 Å². The summed E-state index contributed by atoms with van der Waals surface area (Å²) in [5.74, 6) is -0.918. The van der Waals surface area contributed by atoms with Gasteiger partial charge in [-0.05, 0) is 45.7 Å². The van der Waals surface area contributed by atoms with Crippen molar-refractivity contribution in [3.8, 4) is 0 Å². The van der Waals surface area contributed by atoms with Gasteiger partial charge in [0.25, 0.3) is 0 Å². The van der Waals surface area contributed by atoms with Gasteiger partial charge < -0.3 is 15.3 Å². The number of aliphatic carboxylic acids is 1. The molecule has 2 rings (SSSR count). The Balaban J connectivity index is 1.80. The first-order chi connectivity index (χ1) is 9.52. The number of hydrogen-bond acceptors (Lipinski definition) is 3. The third-order valence-corrected chi connectivity index (χ3v) is 4.65. The number of carbonyl (C=O) groups excluding carboxylic acids is 1. The van der Waals surface area contributed by atoms with E-state index in [9.17, 15) is 14.7 Å². The molecule has 1 aliphatic carbocycles. The third kappa shape index (κ3) is 3.72. The van der Waals surface area contributed by atoms with E-state index in [4.69, 9.17) is 0 Å². The Bertz CT molecular complexity index is 358. The van der Waals surface area contributed by atoms with E-state index in [2.05, 4.69) is 10.2 Å². The zero-order chi connectivity index (χ0) is 14.6. The molecule has 0 aromatic rings. The van der Waals surface area contributed by atoms with Gasteiger partial charge in [0.1, 0.15) is 0 Å². The minimum absolute atomic E-state index is 0.0906. The SMILES string of the molecule is CC(CN1CCCC1)NC(=O)CC1(C(=O)O)CCCC1. The maximum absolute atomic E-state index is 12.1. The molecule has 2 N–H and O–H groups in total. The zero-order valence-corrected chi connectivity index (χ0v) is 12.4. The minimum atomic E-state index is -0.808. The second-order valence-electron chi connectivity index (χ2n) is 6.45. The molecule has 0 aromatic heterocycles. The van der Waals surface area contributed by atoms with Crippen molar-refractivity contribution < 1.29 is 14.7 Å². The van der Waals surface area contributed by atoms with Crippen molar-refractivity contribution in [1.29, 1.82) is 0 Å². The first kappa shape index (κ1) is 15.3. The van der Waals surface area contributed by atoms with Gasteiger partial charge in [0.05, 0.1) is 5.41 Å². The van der Waals surface area contributed by atoms with Gasteiger partial charge in [0.15, 0.2) is 0 Å². The lowest BCUT2D eigenvalue weighted by Gasteiger charge is -2.25. The molecule has 114 valence electrons. The molecule has 1 amide bonds. The van der Waals surface area contributed by atoms with Crippen LogP contribution in [0.3, 0.4) is 0 Å². The van der Waals surface area contributed by atoms with Gasteiger partial charge >= 0.3 is 5.97 Å². The highest BCUT2D eigenvalue weighted by atomic mass is 16.4. The van der Waals surface area contributed by atoms with Crippen molar-refractivity contribution in [2.75, 3.05) is 19.6 Å². The fourth-order valence-electron chi connectivity index (χ4n) is 3.55. The Morgan fingerprint density at radius 1 is 1.20 bits per heavy atom. The Kier molecular flexibility index (Phi) is 5.02. The van der Waals surface area contributed by atoms with Crippen LogP contribution in [0.1, 0.15) is 51.9 Å². The van der Waals surface area contributed by atoms with Gasteiger partial charge in [-0.15, -0.1) is 0 Å². The molecule has 1 heterocycles. The van der Waals surface area contributed by atoms with Crippen LogP contribution < -0.4 is 5.32 Å². The molecule has 1 saturated carbocycles. The van der Waals surface area contributed by atoms with Crippen LogP contribution in [-0.4, -0.2) is 47.6 Å². The number of nitrogens with one attached hydrogen (secondary N) is 1. The lowest BCUT2D eigenvalue weighted by Crippen LogP contribution is -2.43. The van der Waals surface area contributed by atoms with E-state index in [1.807, 2.05) is 6.92 Å². The number of hydrogen-bond donors (Lipinski definition) is 2. The van der Waals surface area contributed by atoms with Gasteiger partial charge in [-0.25, -0.2) is 0 Å². The van der Waals surface area contributed by atoms with Gasteiger partial charge in [0, 0.05) is 19.0 Å². The molecule has 1 atom stereocenters. The summed E-state index contributed by atoms with van der Waals surface area (Å²) in [6.45, 7) is 5.09. The first-order valence-electron chi connectivity index (χ1n) is 7.77. The Morgan fingerprint density at radius 3 is 2.35 bits per heavy atom. The molecule has 20 heavy (non-hydrogen) atoms. The summed E-state index contributed by atoms with van der Waals surface area (Å²) in [6.07, 6.45) is 5.72. The van der Waals surface area contributed by atoms with Crippen LogP contribution >= 0.6 is 0 Å². The second-order valence-corrected chi connectivity index (χ2v) is 6.45. The largest absolute Gasteiger partial charge is 0.481 e. The third-order valence-electron chi connectivity index (χ3n) is 4.65. The van der Waals surface area contributed by atoms with E-state index in [-0.39, 0.29) is 18.4 Å². The Hall–Kier alpha value is -1.10. The quantitative estimate of drug-likeness (QED) is 0.777. The summed E-state index contributed by atoms with van der Waals surface area (Å²) in [6, 6.07) is 0.0906. The highest BCUT2D eigenvalue weighted by molar-refractivity contribution is 5.85. The van der Waals surface area contributed by atoms with Gasteiger partial charge in [-0.1, -0.05) is 12.8 Å². The number of nitrogens with zero attached hydrogens (tertiary/aromatic N) is 1. The number of carbonyl (C=O) groups is 2. The average Bonchev–Trinajstić information content (AvgIpc) is 3.00. The van der Waals surface area contributed by atoms with Crippen molar-refractivity contribution in [1.82, 2.24) is 10.2 Å². The summed E-state index contributed by atoms with van der Waals surface area (Å²) in [5.41, 5.74) is -0.808. The monoisotopic (exact) mass is 282 g/mol. The predicted molar refractivity (Wildman–Crippen MR) is 76.4 cm³/mol. The zero-order valence-electron chi connectivity index (χ0n) is 12.4. The standard InChI is InChI=1S/C15H26N2O3/c1-12(11-17-8-4-5-9-17)16-13(18)10-15(14(19)20)6-2-3-7-15/h12H,2-11H2,1H3,(H,16,18)(H,19,20).